The lowest BCUT2D eigenvalue weighted by molar-refractivity contribution is -0.120. The highest BCUT2D eigenvalue weighted by molar-refractivity contribution is 7.11. The van der Waals surface area contributed by atoms with Gasteiger partial charge in [-0.1, -0.05) is 13.3 Å². The zero-order chi connectivity index (χ0) is 12.0. The Hall–Kier alpha value is -0.940. The van der Waals surface area contributed by atoms with Gasteiger partial charge >= 0.3 is 0 Å². The van der Waals surface area contributed by atoms with E-state index in [-0.39, 0.29) is 5.91 Å². The van der Waals surface area contributed by atoms with E-state index in [1.807, 2.05) is 6.92 Å². The van der Waals surface area contributed by atoms with Gasteiger partial charge in [0.15, 0.2) is 0 Å². The molecule has 0 saturated carbocycles. The van der Waals surface area contributed by atoms with Gasteiger partial charge < -0.3 is 11.1 Å². The lowest BCUT2D eigenvalue weighted by Crippen LogP contribution is -2.25. The molecule has 0 saturated heterocycles. The van der Waals surface area contributed by atoms with E-state index >= 15 is 0 Å². The Kier molecular flexibility index (Phi) is 5.42. The number of thiazole rings is 1. The molecule has 0 aliphatic carbocycles. The molecule has 0 bridgehead atoms. The fourth-order valence-electron chi connectivity index (χ4n) is 1.35. The Balaban J connectivity index is 2.45. The number of rotatable bonds is 6. The van der Waals surface area contributed by atoms with Gasteiger partial charge in [-0.2, -0.15) is 0 Å². The number of aromatic nitrogens is 1. The average Bonchev–Trinajstić information content (AvgIpc) is 2.60. The van der Waals surface area contributed by atoms with Crippen molar-refractivity contribution in [2.24, 2.45) is 5.73 Å². The van der Waals surface area contributed by atoms with Gasteiger partial charge in [0.2, 0.25) is 5.91 Å². The SMILES string of the molecule is CCCCNC(=O)Cc1sc(CN)nc1C. The first-order valence-corrected chi connectivity index (χ1v) is 6.41. The van der Waals surface area contributed by atoms with Crippen molar-refractivity contribution in [3.63, 3.8) is 0 Å². The Morgan fingerprint density at radius 3 is 2.88 bits per heavy atom. The van der Waals surface area contributed by atoms with Crippen molar-refractivity contribution < 1.29 is 4.79 Å². The first-order valence-electron chi connectivity index (χ1n) is 5.59. The maximum absolute atomic E-state index is 11.6. The highest BCUT2D eigenvalue weighted by Gasteiger charge is 2.10. The van der Waals surface area contributed by atoms with Crippen LogP contribution in [-0.4, -0.2) is 17.4 Å². The minimum absolute atomic E-state index is 0.0729. The number of carbonyl (C=O) groups is 1. The van der Waals surface area contributed by atoms with E-state index in [1.165, 1.54) is 11.3 Å². The number of nitrogens with one attached hydrogen (secondary N) is 1. The van der Waals surface area contributed by atoms with Crippen LogP contribution in [0.2, 0.25) is 0 Å². The molecule has 0 aromatic carbocycles. The number of nitrogens with two attached hydrogens (primary N) is 1. The van der Waals surface area contributed by atoms with Crippen molar-refractivity contribution in [3.8, 4) is 0 Å². The molecule has 5 heteroatoms. The van der Waals surface area contributed by atoms with Crippen LogP contribution in [0.4, 0.5) is 0 Å². The van der Waals surface area contributed by atoms with Crippen LogP contribution >= 0.6 is 11.3 Å². The van der Waals surface area contributed by atoms with Crippen LogP contribution in [0.1, 0.15) is 35.3 Å². The van der Waals surface area contributed by atoms with Gasteiger partial charge in [-0.3, -0.25) is 4.79 Å². The zero-order valence-electron chi connectivity index (χ0n) is 9.88. The lowest BCUT2D eigenvalue weighted by atomic mass is 10.3. The maximum atomic E-state index is 11.6. The summed E-state index contributed by atoms with van der Waals surface area (Å²) >= 11 is 1.53. The minimum Gasteiger partial charge on any atom is -0.356 e. The summed E-state index contributed by atoms with van der Waals surface area (Å²) in [5, 5.41) is 3.79. The molecule has 1 rings (SSSR count). The van der Waals surface area contributed by atoms with Gasteiger partial charge in [-0.25, -0.2) is 4.98 Å². The van der Waals surface area contributed by atoms with Crippen LogP contribution in [0, 0.1) is 6.92 Å². The molecule has 1 amide bonds. The highest BCUT2D eigenvalue weighted by Crippen LogP contribution is 2.17. The molecule has 4 nitrogen and oxygen atoms in total. The zero-order valence-corrected chi connectivity index (χ0v) is 10.7. The molecule has 0 unspecified atom stereocenters. The van der Waals surface area contributed by atoms with E-state index < -0.39 is 0 Å². The van der Waals surface area contributed by atoms with Gasteiger partial charge in [-0.15, -0.1) is 11.3 Å². The quantitative estimate of drug-likeness (QED) is 0.739. The Bertz CT molecular complexity index is 349. The van der Waals surface area contributed by atoms with Crippen LogP contribution in [0.5, 0.6) is 0 Å². The number of nitrogens with zero attached hydrogens (tertiary/aromatic N) is 1. The van der Waals surface area contributed by atoms with Gasteiger partial charge in [-0.05, 0) is 13.3 Å². The third-order valence-corrected chi connectivity index (χ3v) is 3.46. The summed E-state index contributed by atoms with van der Waals surface area (Å²) in [6, 6.07) is 0. The average molecular weight is 241 g/mol. The normalized spacial score (nSPS) is 10.4. The second-order valence-corrected chi connectivity index (χ2v) is 4.87. The maximum Gasteiger partial charge on any atom is 0.225 e. The summed E-state index contributed by atoms with van der Waals surface area (Å²) < 4.78 is 0. The van der Waals surface area contributed by atoms with E-state index in [0.717, 1.165) is 35.0 Å². The smallest absolute Gasteiger partial charge is 0.225 e. The number of unbranched alkanes of at least 4 members (excludes halogenated alkanes) is 1. The predicted molar refractivity (Wildman–Crippen MR) is 66.4 cm³/mol. The summed E-state index contributed by atoms with van der Waals surface area (Å²) in [7, 11) is 0. The Labute approximate surface area is 100 Å². The predicted octanol–water partition coefficient (Wildman–Crippen LogP) is 1.37. The monoisotopic (exact) mass is 241 g/mol. The molecule has 1 aromatic rings. The molecule has 0 atom stereocenters. The molecule has 90 valence electrons. The third-order valence-electron chi connectivity index (χ3n) is 2.29. The fourth-order valence-corrected chi connectivity index (χ4v) is 2.30. The Morgan fingerprint density at radius 2 is 2.31 bits per heavy atom. The molecule has 3 N–H and O–H groups in total. The fraction of sp³-hybridized carbons (Fsp3) is 0.636. The Morgan fingerprint density at radius 1 is 1.56 bits per heavy atom. The van der Waals surface area contributed by atoms with Crippen molar-refractivity contribution in [3.05, 3.63) is 15.6 Å². The largest absolute Gasteiger partial charge is 0.356 e. The van der Waals surface area contributed by atoms with E-state index in [1.54, 1.807) is 0 Å². The molecule has 16 heavy (non-hydrogen) atoms. The summed E-state index contributed by atoms with van der Waals surface area (Å²) in [4.78, 5) is 16.9. The standard InChI is InChI=1S/C11H19N3OS/c1-3-4-5-13-10(15)6-9-8(2)14-11(7-12)16-9/h3-7,12H2,1-2H3,(H,13,15). The van der Waals surface area contributed by atoms with E-state index in [2.05, 4.69) is 17.2 Å². The van der Waals surface area contributed by atoms with Crippen molar-refractivity contribution >= 4 is 17.2 Å². The van der Waals surface area contributed by atoms with E-state index in [0.29, 0.717) is 13.0 Å². The lowest BCUT2D eigenvalue weighted by Gasteiger charge is -2.02. The summed E-state index contributed by atoms with van der Waals surface area (Å²) in [6.45, 7) is 5.23. The van der Waals surface area contributed by atoms with Crippen molar-refractivity contribution in [1.29, 1.82) is 0 Å². The topological polar surface area (TPSA) is 68.0 Å². The van der Waals surface area contributed by atoms with Gasteiger partial charge in [0.05, 0.1) is 12.1 Å². The van der Waals surface area contributed by atoms with Crippen molar-refractivity contribution in [1.82, 2.24) is 10.3 Å². The van der Waals surface area contributed by atoms with Gasteiger partial charge in [0.25, 0.3) is 0 Å². The van der Waals surface area contributed by atoms with Crippen LogP contribution in [-0.2, 0) is 17.8 Å². The third kappa shape index (κ3) is 3.90. The second kappa shape index (κ2) is 6.60. The van der Waals surface area contributed by atoms with E-state index in [9.17, 15) is 4.79 Å². The number of carbonyl (C=O) groups excluding carboxylic acids is 1. The minimum atomic E-state index is 0.0729. The second-order valence-electron chi connectivity index (χ2n) is 3.70. The molecule has 1 heterocycles. The van der Waals surface area contributed by atoms with Crippen LogP contribution in [0.15, 0.2) is 0 Å². The summed E-state index contributed by atoms with van der Waals surface area (Å²) in [5.74, 6) is 0.0729. The number of hydrogen-bond acceptors (Lipinski definition) is 4. The molecule has 0 spiro atoms. The molecular weight excluding hydrogens is 222 g/mol. The van der Waals surface area contributed by atoms with Crippen molar-refractivity contribution in [2.75, 3.05) is 6.54 Å². The first kappa shape index (κ1) is 13.1. The summed E-state index contributed by atoms with van der Waals surface area (Å²) in [6.07, 6.45) is 2.55. The number of aryl methyl sites for hydroxylation is 1. The molecule has 0 aliphatic rings. The van der Waals surface area contributed by atoms with E-state index in [4.69, 9.17) is 5.73 Å². The van der Waals surface area contributed by atoms with Crippen molar-refractivity contribution in [2.45, 2.75) is 39.7 Å². The number of hydrogen-bond donors (Lipinski definition) is 2. The molecule has 0 aliphatic heterocycles. The molecule has 0 fully saturated rings. The number of amides is 1. The van der Waals surface area contributed by atoms with Gasteiger partial charge in [0, 0.05) is 18.0 Å². The van der Waals surface area contributed by atoms with Crippen LogP contribution < -0.4 is 11.1 Å². The molecular formula is C11H19N3OS. The summed E-state index contributed by atoms with van der Waals surface area (Å²) in [5.41, 5.74) is 6.44. The van der Waals surface area contributed by atoms with Crippen LogP contribution in [0.25, 0.3) is 0 Å². The molecule has 1 aromatic heterocycles. The van der Waals surface area contributed by atoms with Crippen LogP contribution in [0.3, 0.4) is 0 Å². The molecule has 0 radical (unpaired) electrons. The van der Waals surface area contributed by atoms with Gasteiger partial charge in [0.1, 0.15) is 5.01 Å². The highest BCUT2D eigenvalue weighted by atomic mass is 32.1. The first-order chi connectivity index (χ1) is 7.67.